The lowest BCUT2D eigenvalue weighted by atomic mass is 10.0. The molecule has 2 aromatic rings. The maximum Gasteiger partial charge on any atom is 0.243 e. The average Bonchev–Trinajstić information content (AvgIpc) is 2.76. The quantitative estimate of drug-likeness (QED) is 0.442. The van der Waals surface area contributed by atoms with Crippen molar-refractivity contribution in [2.75, 3.05) is 17.1 Å². The summed E-state index contributed by atoms with van der Waals surface area (Å²) in [7, 11) is -3.52. The third kappa shape index (κ3) is 9.13. The fourth-order valence-electron chi connectivity index (χ4n) is 3.87. The minimum atomic E-state index is -3.52. The molecular formula is C27H38ClN3O4S. The predicted molar refractivity (Wildman–Crippen MR) is 147 cm³/mol. The van der Waals surface area contributed by atoms with E-state index in [-0.39, 0.29) is 31.3 Å². The van der Waals surface area contributed by atoms with Gasteiger partial charge in [-0.3, -0.25) is 13.9 Å². The Morgan fingerprint density at radius 1 is 1.03 bits per heavy atom. The molecule has 36 heavy (non-hydrogen) atoms. The van der Waals surface area contributed by atoms with Crippen molar-refractivity contribution in [2.45, 2.75) is 72.0 Å². The first-order valence-electron chi connectivity index (χ1n) is 12.1. The molecule has 0 saturated carbocycles. The van der Waals surface area contributed by atoms with Crippen LogP contribution in [0.2, 0.25) is 5.02 Å². The first-order valence-corrected chi connectivity index (χ1v) is 14.3. The van der Waals surface area contributed by atoms with Crippen LogP contribution in [0.3, 0.4) is 0 Å². The summed E-state index contributed by atoms with van der Waals surface area (Å²) in [6, 6.07) is 13.7. The monoisotopic (exact) mass is 535 g/mol. The second-order valence-corrected chi connectivity index (χ2v) is 12.4. The van der Waals surface area contributed by atoms with E-state index < -0.39 is 21.6 Å². The maximum atomic E-state index is 13.4. The van der Waals surface area contributed by atoms with Crippen molar-refractivity contribution in [3.05, 3.63) is 64.7 Å². The van der Waals surface area contributed by atoms with Crippen molar-refractivity contribution in [3.63, 3.8) is 0 Å². The topological polar surface area (TPSA) is 86.8 Å². The van der Waals surface area contributed by atoms with Gasteiger partial charge in [-0.1, -0.05) is 48.4 Å². The Bertz CT molecular complexity index is 1130. The summed E-state index contributed by atoms with van der Waals surface area (Å²) in [5.41, 5.74) is 2.00. The minimum absolute atomic E-state index is 0.102. The van der Waals surface area contributed by atoms with E-state index in [1.165, 1.54) is 4.31 Å². The lowest BCUT2D eigenvalue weighted by Gasteiger charge is -2.33. The second kappa shape index (κ2) is 12.6. The molecule has 0 heterocycles. The second-order valence-electron chi connectivity index (χ2n) is 10.1. The molecule has 2 aromatic carbocycles. The highest BCUT2D eigenvalue weighted by Crippen LogP contribution is 2.21. The van der Waals surface area contributed by atoms with Gasteiger partial charge in [0.2, 0.25) is 21.8 Å². The molecule has 0 aliphatic rings. The first-order chi connectivity index (χ1) is 16.7. The lowest BCUT2D eigenvalue weighted by molar-refractivity contribution is -0.142. The zero-order chi connectivity index (χ0) is 27.1. The SMILES string of the molecule is CC[C@H](C(=O)NC(C)(C)C)N(Cc1ccc(Cl)cc1)C(=O)CCCN(c1ccc(C)cc1)S(C)(=O)=O. The summed E-state index contributed by atoms with van der Waals surface area (Å²) in [6.07, 6.45) is 2.02. The first kappa shape index (κ1) is 29.6. The number of nitrogens with zero attached hydrogens (tertiary/aromatic N) is 2. The number of carbonyl (C=O) groups is 2. The van der Waals surface area contributed by atoms with E-state index in [0.717, 1.165) is 17.4 Å². The van der Waals surface area contributed by atoms with Gasteiger partial charge in [0.15, 0.2) is 0 Å². The average molecular weight is 536 g/mol. The van der Waals surface area contributed by atoms with Crippen molar-refractivity contribution in [1.29, 1.82) is 0 Å². The zero-order valence-electron chi connectivity index (χ0n) is 22.0. The van der Waals surface area contributed by atoms with Gasteiger partial charge in [0.1, 0.15) is 6.04 Å². The van der Waals surface area contributed by atoms with Gasteiger partial charge in [-0.2, -0.15) is 0 Å². The van der Waals surface area contributed by atoms with Crippen LogP contribution in [0.5, 0.6) is 0 Å². The van der Waals surface area contributed by atoms with E-state index in [0.29, 0.717) is 23.6 Å². The van der Waals surface area contributed by atoms with E-state index in [2.05, 4.69) is 5.32 Å². The van der Waals surface area contributed by atoms with E-state index >= 15 is 0 Å². The van der Waals surface area contributed by atoms with Gasteiger partial charge in [-0.05, 0) is 70.4 Å². The van der Waals surface area contributed by atoms with Gasteiger partial charge in [-0.15, -0.1) is 0 Å². The van der Waals surface area contributed by atoms with Crippen LogP contribution in [-0.2, 0) is 26.2 Å². The molecule has 2 rings (SSSR count). The molecule has 1 atom stereocenters. The number of halogens is 1. The molecule has 2 amide bonds. The molecule has 0 fully saturated rings. The Kier molecular flexibility index (Phi) is 10.4. The number of hydrogen-bond donors (Lipinski definition) is 1. The Labute approximate surface area is 220 Å². The van der Waals surface area contributed by atoms with E-state index in [4.69, 9.17) is 11.6 Å². The standard InChI is InChI=1S/C27H38ClN3O4S/c1-7-24(26(33)29-27(3,4)5)30(19-21-12-14-22(28)15-13-21)25(32)9-8-18-31(36(6,34)35)23-16-10-20(2)11-17-23/h10-17,24H,7-9,18-19H2,1-6H3,(H,29,33)/t24-/m1/s1. The van der Waals surface area contributed by atoms with Gasteiger partial charge >= 0.3 is 0 Å². The Morgan fingerprint density at radius 3 is 2.11 bits per heavy atom. The Hall–Kier alpha value is -2.58. The van der Waals surface area contributed by atoms with E-state index in [1.807, 2.05) is 58.9 Å². The van der Waals surface area contributed by atoms with Crippen molar-refractivity contribution in [2.24, 2.45) is 0 Å². The van der Waals surface area contributed by atoms with Gasteiger partial charge in [0.25, 0.3) is 0 Å². The number of amides is 2. The number of hydrogen-bond acceptors (Lipinski definition) is 4. The molecule has 198 valence electrons. The van der Waals surface area contributed by atoms with Crippen LogP contribution in [0.15, 0.2) is 48.5 Å². The summed E-state index contributed by atoms with van der Waals surface area (Å²) < 4.78 is 26.2. The molecule has 1 N–H and O–H groups in total. The van der Waals surface area contributed by atoms with Crippen molar-refractivity contribution in [3.8, 4) is 0 Å². The zero-order valence-corrected chi connectivity index (χ0v) is 23.6. The third-order valence-corrected chi connectivity index (χ3v) is 7.07. The number of carbonyl (C=O) groups excluding carboxylic acids is 2. The lowest BCUT2D eigenvalue weighted by Crippen LogP contribution is -2.53. The summed E-state index contributed by atoms with van der Waals surface area (Å²) >= 11 is 6.02. The van der Waals surface area contributed by atoms with Gasteiger partial charge in [0.05, 0.1) is 11.9 Å². The smallest absolute Gasteiger partial charge is 0.243 e. The molecular weight excluding hydrogens is 498 g/mol. The highest BCUT2D eigenvalue weighted by Gasteiger charge is 2.30. The van der Waals surface area contributed by atoms with Crippen LogP contribution in [0.1, 0.15) is 58.1 Å². The van der Waals surface area contributed by atoms with E-state index in [9.17, 15) is 18.0 Å². The van der Waals surface area contributed by atoms with Crippen LogP contribution in [0.4, 0.5) is 5.69 Å². The van der Waals surface area contributed by atoms with Gasteiger partial charge in [-0.25, -0.2) is 8.42 Å². The summed E-state index contributed by atoms with van der Waals surface area (Å²) in [6.45, 7) is 9.91. The number of rotatable bonds is 11. The number of sulfonamides is 1. The van der Waals surface area contributed by atoms with Crippen molar-refractivity contribution < 1.29 is 18.0 Å². The molecule has 9 heteroatoms. The molecule has 0 spiro atoms. The largest absolute Gasteiger partial charge is 0.350 e. The molecule has 0 bridgehead atoms. The summed E-state index contributed by atoms with van der Waals surface area (Å²) in [4.78, 5) is 28.1. The molecule has 0 unspecified atom stereocenters. The normalized spacial score (nSPS) is 12.6. The fourth-order valence-corrected chi connectivity index (χ4v) is 4.97. The predicted octanol–water partition coefficient (Wildman–Crippen LogP) is 4.92. The van der Waals surface area contributed by atoms with Gasteiger partial charge < -0.3 is 10.2 Å². The molecule has 0 aromatic heterocycles. The minimum Gasteiger partial charge on any atom is -0.350 e. The maximum absolute atomic E-state index is 13.4. The number of anilines is 1. The van der Waals surface area contributed by atoms with Gasteiger partial charge in [0, 0.05) is 30.1 Å². The molecule has 0 aliphatic heterocycles. The molecule has 0 aliphatic carbocycles. The molecule has 0 saturated heterocycles. The Morgan fingerprint density at radius 2 is 1.61 bits per heavy atom. The van der Waals surface area contributed by atoms with Crippen LogP contribution in [0.25, 0.3) is 0 Å². The fraction of sp³-hybridized carbons (Fsp3) is 0.481. The van der Waals surface area contributed by atoms with Crippen LogP contribution in [0, 0.1) is 6.92 Å². The number of benzene rings is 2. The van der Waals surface area contributed by atoms with E-state index in [1.54, 1.807) is 29.2 Å². The van der Waals surface area contributed by atoms with Crippen LogP contribution in [-0.4, -0.2) is 49.5 Å². The Balaban J connectivity index is 2.22. The van der Waals surface area contributed by atoms with Crippen molar-refractivity contribution >= 4 is 39.1 Å². The number of nitrogens with one attached hydrogen (secondary N) is 1. The molecule has 0 radical (unpaired) electrons. The highest BCUT2D eigenvalue weighted by atomic mass is 35.5. The van der Waals surface area contributed by atoms with Crippen LogP contribution < -0.4 is 9.62 Å². The highest BCUT2D eigenvalue weighted by molar-refractivity contribution is 7.92. The third-order valence-electron chi connectivity index (χ3n) is 5.62. The van der Waals surface area contributed by atoms with Crippen LogP contribution >= 0.6 is 11.6 Å². The number of aryl methyl sites for hydroxylation is 1. The summed E-state index contributed by atoms with van der Waals surface area (Å²) in [5.74, 6) is -0.428. The molecule has 7 nitrogen and oxygen atoms in total. The van der Waals surface area contributed by atoms with Crippen molar-refractivity contribution in [1.82, 2.24) is 10.2 Å². The summed E-state index contributed by atoms with van der Waals surface area (Å²) in [5, 5.41) is 3.57.